The van der Waals surface area contributed by atoms with E-state index in [1.165, 1.54) is 0 Å². The monoisotopic (exact) mass is 1070 g/mol. The summed E-state index contributed by atoms with van der Waals surface area (Å²) in [4.78, 5) is 30.4. The first-order valence-electron chi connectivity index (χ1n) is 27.6. The predicted molar refractivity (Wildman–Crippen MR) is 337 cm³/mol. The molecule has 0 aliphatic heterocycles. The second kappa shape index (κ2) is 22.0. The minimum absolute atomic E-state index is 0.541. The first-order valence-corrected chi connectivity index (χ1v) is 27.6. The van der Waals surface area contributed by atoms with Crippen LogP contribution >= 0.6 is 0 Å². The quantitative estimate of drug-likeness (QED) is 0.125. The molecule has 0 radical (unpaired) electrons. The van der Waals surface area contributed by atoms with E-state index >= 15 is 0 Å². The maximum atomic E-state index is 10.1. The average molecular weight is 1070 g/mol. The second-order valence-electron chi connectivity index (χ2n) is 20.4. The Bertz CT molecular complexity index is 4830. The summed E-state index contributed by atoms with van der Waals surface area (Å²) in [7, 11) is 0. The lowest BCUT2D eigenvalue weighted by atomic mass is 9.87. The van der Waals surface area contributed by atoms with Crippen LogP contribution in [0.1, 0.15) is 11.1 Å². The zero-order valence-electron chi connectivity index (χ0n) is 45.1. The van der Waals surface area contributed by atoms with E-state index in [2.05, 4.69) is 152 Å². The third-order valence-electron chi connectivity index (χ3n) is 15.3. The summed E-state index contributed by atoms with van der Waals surface area (Å²) >= 11 is 0. The number of rotatable bonds is 11. The average Bonchev–Trinajstić information content (AvgIpc) is 2.67. The fourth-order valence-electron chi connectivity index (χ4n) is 11.2. The van der Waals surface area contributed by atoms with Crippen molar-refractivity contribution in [3.8, 4) is 136 Å². The minimum Gasteiger partial charge on any atom is -0.208 e. The highest BCUT2D eigenvalue weighted by molar-refractivity contribution is 6.12. The van der Waals surface area contributed by atoms with Gasteiger partial charge in [0.25, 0.3) is 0 Å². The van der Waals surface area contributed by atoms with Gasteiger partial charge in [-0.1, -0.05) is 255 Å². The van der Waals surface area contributed by atoms with Crippen LogP contribution in [0.5, 0.6) is 0 Å². The Morgan fingerprint density at radius 3 is 1.13 bits per heavy atom. The third kappa shape index (κ3) is 9.68. The first-order chi connectivity index (χ1) is 41.5. The summed E-state index contributed by atoms with van der Waals surface area (Å²) in [6, 6.07) is 99.0. The molecule has 0 aliphatic rings. The molecular formula is C76H46N8. The van der Waals surface area contributed by atoms with Crippen LogP contribution in [0, 0.1) is 22.7 Å². The molecule has 390 valence electrons. The Morgan fingerprint density at radius 2 is 0.595 bits per heavy atom. The molecule has 0 unspecified atom stereocenters. The highest BCUT2D eigenvalue weighted by atomic mass is 15.0. The van der Waals surface area contributed by atoms with E-state index < -0.39 is 0 Å². The summed E-state index contributed by atoms with van der Waals surface area (Å²) < 4.78 is 0. The number of nitrogens with zero attached hydrogens (tertiary/aromatic N) is 8. The third-order valence-corrected chi connectivity index (χ3v) is 15.3. The van der Waals surface area contributed by atoms with Crippen LogP contribution in [0.4, 0.5) is 0 Å². The van der Waals surface area contributed by atoms with Crippen LogP contribution in [0.15, 0.2) is 279 Å². The number of nitriles is 2. The Hall–Kier alpha value is -11.8. The molecular weight excluding hydrogens is 1020 g/mol. The van der Waals surface area contributed by atoms with Crippen molar-refractivity contribution < 1.29 is 0 Å². The van der Waals surface area contributed by atoms with Gasteiger partial charge in [0.2, 0.25) is 0 Å². The van der Waals surface area contributed by atoms with Crippen molar-refractivity contribution in [3.63, 3.8) is 0 Å². The second-order valence-corrected chi connectivity index (χ2v) is 20.4. The summed E-state index contributed by atoms with van der Waals surface area (Å²) in [5, 5.41) is 24.4. The number of fused-ring (bicyclic) bond motifs is 2. The van der Waals surface area contributed by atoms with Gasteiger partial charge in [-0.05, 0) is 95.9 Å². The highest BCUT2D eigenvalue weighted by Crippen LogP contribution is 2.43. The van der Waals surface area contributed by atoms with Gasteiger partial charge < -0.3 is 0 Å². The van der Waals surface area contributed by atoms with Crippen molar-refractivity contribution >= 4 is 21.5 Å². The van der Waals surface area contributed by atoms with Crippen molar-refractivity contribution in [2.75, 3.05) is 0 Å². The van der Waals surface area contributed by atoms with Crippen LogP contribution in [-0.2, 0) is 0 Å². The van der Waals surface area contributed by atoms with Crippen LogP contribution in [0.25, 0.3) is 146 Å². The zero-order valence-corrected chi connectivity index (χ0v) is 45.1. The number of hydrogen-bond donors (Lipinski definition) is 0. The molecule has 0 spiro atoms. The molecule has 0 aliphatic carbocycles. The molecule has 2 heterocycles. The molecule has 0 saturated carbocycles. The van der Waals surface area contributed by atoms with Gasteiger partial charge in [-0.25, -0.2) is 29.9 Å². The summed E-state index contributed by atoms with van der Waals surface area (Å²) in [5.74, 6) is 3.43. The van der Waals surface area contributed by atoms with Gasteiger partial charge in [0.1, 0.15) is 0 Å². The summed E-state index contributed by atoms with van der Waals surface area (Å²) in [5.41, 5.74) is 16.5. The fraction of sp³-hybridized carbons (Fsp3) is 0. The normalized spacial score (nSPS) is 11.1. The van der Waals surface area contributed by atoms with Crippen LogP contribution in [0.3, 0.4) is 0 Å². The molecule has 0 atom stereocenters. The van der Waals surface area contributed by atoms with Crippen molar-refractivity contribution in [3.05, 3.63) is 290 Å². The lowest BCUT2D eigenvalue weighted by Gasteiger charge is -2.17. The topological polar surface area (TPSA) is 125 Å². The molecule has 12 aromatic carbocycles. The standard InChI is InChI=1S/C76H46N8/c77-47-49-17-12-27-58(45-49)66-44-43-63(68-34-16-32-65(70(66)68)51-37-41-56(42-38-51)74-80-71(53-18-4-1-5-19-53)79-72(81-74)54-20-6-2-7-21-54)59-28-13-29-60(46-59)76-83-73(55-22-8-3-9-23-55)82-75(84-76)57-39-35-50(36-40-57)64-31-14-25-52-26-15-33-67(69(52)64)62-30-11-10-24-61(62)48-78/h1-46H. The van der Waals surface area contributed by atoms with Crippen LogP contribution < -0.4 is 0 Å². The zero-order chi connectivity index (χ0) is 56.3. The van der Waals surface area contributed by atoms with E-state index in [0.29, 0.717) is 46.1 Å². The van der Waals surface area contributed by atoms with E-state index in [1.54, 1.807) is 0 Å². The molecule has 0 amide bonds. The van der Waals surface area contributed by atoms with Crippen molar-refractivity contribution in [1.82, 2.24) is 29.9 Å². The molecule has 2 aromatic heterocycles. The van der Waals surface area contributed by atoms with Crippen molar-refractivity contribution in [2.45, 2.75) is 0 Å². The van der Waals surface area contributed by atoms with Gasteiger partial charge >= 0.3 is 0 Å². The molecule has 8 heteroatoms. The van der Waals surface area contributed by atoms with Gasteiger partial charge in [-0.15, -0.1) is 0 Å². The van der Waals surface area contributed by atoms with E-state index in [-0.39, 0.29) is 0 Å². The summed E-state index contributed by atoms with van der Waals surface area (Å²) in [6.07, 6.45) is 0. The molecule has 84 heavy (non-hydrogen) atoms. The molecule has 8 nitrogen and oxygen atoms in total. The van der Waals surface area contributed by atoms with Gasteiger partial charge in [0.05, 0.1) is 23.3 Å². The molecule has 14 rings (SSSR count). The van der Waals surface area contributed by atoms with Gasteiger partial charge in [-0.3, -0.25) is 0 Å². The number of aromatic nitrogens is 6. The van der Waals surface area contributed by atoms with Crippen molar-refractivity contribution in [2.24, 2.45) is 0 Å². The van der Waals surface area contributed by atoms with Gasteiger partial charge in [-0.2, -0.15) is 10.5 Å². The van der Waals surface area contributed by atoms with Crippen LogP contribution in [-0.4, -0.2) is 29.9 Å². The lowest BCUT2D eigenvalue weighted by Crippen LogP contribution is -2.00. The van der Waals surface area contributed by atoms with Gasteiger partial charge in [0, 0.05) is 38.9 Å². The summed E-state index contributed by atoms with van der Waals surface area (Å²) in [6.45, 7) is 0. The first kappa shape index (κ1) is 50.4. The number of benzene rings is 12. The Labute approximate surface area is 485 Å². The van der Waals surface area contributed by atoms with E-state index in [4.69, 9.17) is 29.9 Å². The lowest BCUT2D eigenvalue weighted by molar-refractivity contribution is 1.07. The number of hydrogen-bond acceptors (Lipinski definition) is 8. The molecule has 0 bridgehead atoms. The molecule has 0 N–H and O–H groups in total. The van der Waals surface area contributed by atoms with Crippen LogP contribution in [0.2, 0.25) is 0 Å². The highest BCUT2D eigenvalue weighted by Gasteiger charge is 2.20. The largest absolute Gasteiger partial charge is 0.208 e. The smallest absolute Gasteiger partial charge is 0.164 e. The fourth-order valence-corrected chi connectivity index (χ4v) is 11.2. The maximum Gasteiger partial charge on any atom is 0.164 e. The Kier molecular flexibility index (Phi) is 13.2. The van der Waals surface area contributed by atoms with Crippen molar-refractivity contribution in [1.29, 1.82) is 10.5 Å². The molecule has 0 fully saturated rings. The Balaban J connectivity index is 0.861. The van der Waals surface area contributed by atoms with E-state index in [0.717, 1.165) is 111 Å². The molecule has 0 saturated heterocycles. The predicted octanol–water partition coefficient (Wildman–Crippen LogP) is 18.4. The minimum atomic E-state index is 0.541. The van der Waals surface area contributed by atoms with E-state index in [1.807, 2.05) is 140 Å². The SMILES string of the molecule is N#Cc1cccc(-c2ccc(-c3cccc(-c4nc(-c5ccccc5)nc(-c5ccc(-c6cccc7cccc(-c8ccccc8C#N)c67)cc5)n4)c3)c3cccc(-c4ccc(-c5nc(-c6ccccc6)nc(-c6ccccc6)n5)cc4)c23)c1. The molecule has 14 aromatic rings. The Morgan fingerprint density at radius 1 is 0.226 bits per heavy atom. The van der Waals surface area contributed by atoms with Gasteiger partial charge in [0.15, 0.2) is 34.9 Å². The maximum absolute atomic E-state index is 10.1. The van der Waals surface area contributed by atoms with E-state index in [9.17, 15) is 10.5 Å².